The fourth-order valence-electron chi connectivity index (χ4n) is 2.91. The fraction of sp³-hybridized carbons (Fsp3) is 0.190. The van der Waals surface area contributed by atoms with Crippen LogP contribution in [0.2, 0.25) is 0 Å². The summed E-state index contributed by atoms with van der Waals surface area (Å²) in [6, 6.07) is 15.5. The molecule has 1 saturated carbocycles. The second kappa shape index (κ2) is 7.98. The molecule has 0 spiro atoms. The molecule has 0 radical (unpaired) electrons. The van der Waals surface area contributed by atoms with Gasteiger partial charge in [0.15, 0.2) is 0 Å². The van der Waals surface area contributed by atoms with Crippen molar-refractivity contribution in [2.75, 3.05) is 5.75 Å². The molecule has 0 saturated heterocycles. The number of hydrogen-bond acceptors (Lipinski definition) is 4. The van der Waals surface area contributed by atoms with Gasteiger partial charge in [0.1, 0.15) is 5.82 Å². The minimum Gasteiger partial charge on any atom is -0.272 e. The third-order valence-electron chi connectivity index (χ3n) is 4.49. The summed E-state index contributed by atoms with van der Waals surface area (Å²) >= 11 is 1.07. The topological polar surface area (TPSA) is 71.1 Å². The van der Waals surface area contributed by atoms with Crippen molar-refractivity contribution in [3.05, 3.63) is 71.7 Å². The molecule has 28 heavy (non-hydrogen) atoms. The number of para-hydroxylation sites is 1. The van der Waals surface area contributed by atoms with Gasteiger partial charge in [-0.25, -0.2) is 4.39 Å². The SMILES string of the molecule is O=C(CSc1ccccc1F)NNC(=O)c1cc(C2CC2)nc2ccccc12. The van der Waals surface area contributed by atoms with Gasteiger partial charge in [0.2, 0.25) is 5.91 Å². The van der Waals surface area contributed by atoms with E-state index in [2.05, 4.69) is 15.8 Å². The van der Waals surface area contributed by atoms with E-state index >= 15 is 0 Å². The lowest BCUT2D eigenvalue weighted by Crippen LogP contribution is -2.42. The number of nitrogens with one attached hydrogen (secondary N) is 2. The number of carbonyl (C=O) groups is 2. The second-order valence-corrected chi connectivity index (χ2v) is 7.62. The Kier molecular flexibility index (Phi) is 5.25. The Bertz CT molecular complexity index is 1050. The van der Waals surface area contributed by atoms with E-state index < -0.39 is 11.8 Å². The first-order valence-corrected chi connectivity index (χ1v) is 9.96. The highest BCUT2D eigenvalue weighted by Crippen LogP contribution is 2.40. The molecule has 2 N–H and O–H groups in total. The summed E-state index contributed by atoms with van der Waals surface area (Å²) in [6.45, 7) is 0. The van der Waals surface area contributed by atoms with Crippen molar-refractivity contribution < 1.29 is 14.0 Å². The number of halogens is 1. The number of rotatable bonds is 5. The summed E-state index contributed by atoms with van der Waals surface area (Å²) in [7, 11) is 0. The quantitative estimate of drug-likeness (QED) is 0.509. The van der Waals surface area contributed by atoms with E-state index in [1.165, 1.54) is 6.07 Å². The Hall–Kier alpha value is -2.93. The first kappa shape index (κ1) is 18.4. The average Bonchev–Trinajstić information content (AvgIpc) is 3.56. The van der Waals surface area contributed by atoms with Crippen molar-refractivity contribution in [2.24, 2.45) is 0 Å². The van der Waals surface area contributed by atoms with E-state index in [4.69, 9.17) is 0 Å². The van der Waals surface area contributed by atoms with Crippen LogP contribution < -0.4 is 10.9 Å². The summed E-state index contributed by atoms with van der Waals surface area (Å²) in [5, 5.41) is 0.736. The fourth-order valence-corrected chi connectivity index (χ4v) is 3.65. The Morgan fingerprint density at radius 3 is 2.61 bits per heavy atom. The maximum Gasteiger partial charge on any atom is 0.270 e. The average molecular weight is 395 g/mol. The highest BCUT2D eigenvalue weighted by molar-refractivity contribution is 8.00. The van der Waals surface area contributed by atoms with Crippen LogP contribution >= 0.6 is 11.8 Å². The van der Waals surface area contributed by atoms with Crippen LogP contribution in [0.15, 0.2) is 59.5 Å². The van der Waals surface area contributed by atoms with Gasteiger partial charge in [0, 0.05) is 21.9 Å². The zero-order chi connectivity index (χ0) is 19.5. The van der Waals surface area contributed by atoms with Crippen LogP contribution in [0.1, 0.15) is 34.8 Å². The van der Waals surface area contributed by atoms with Crippen LogP contribution in [0.3, 0.4) is 0 Å². The highest BCUT2D eigenvalue weighted by atomic mass is 32.2. The van der Waals surface area contributed by atoms with Gasteiger partial charge in [-0.2, -0.15) is 0 Å². The van der Waals surface area contributed by atoms with Crippen molar-refractivity contribution in [2.45, 2.75) is 23.7 Å². The van der Waals surface area contributed by atoms with Crippen molar-refractivity contribution in [1.29, 1.82) is 0 Å². The van der Waals surface area contributed by atoms with Crippen molar-refractivity contribution in [3.63, 3.8) is 0 Å². The van der Waals surface area contributed by atoms with E-state index in [-0.39, 0.29) is 11.6 Å². The van der Waals surface area contributed by atoms with E-state index in [0.717, 1.165) is 41.2 Å². The number of fused-ring (bicyclic) bond motifs is 1. The molecule has 1 aliphatic rings. The lowest BCUT2D eigenvalue weighted by Gasteiger charge is -2.11. The maximum absolute atomic E-state index is 13.6. The van der Waals surface area contributed by atoms with Gasteiger partial charge in [-0.05, 0) is 37.1 Å². The third kappa shape index (κ3) is 4.14. The smallest absolute Gasteiger partial charge is 0.270 e. The summed E-state index contributed by atoms with van der Waals surface area (Å²) in [4.78, 5) is 29.7. The normalized spacial score (nSPS) is 13.3. The minimum absolute atomic E-state index is 0.00830. The molecule has 0 bridgehead atoms. The number of pyridine rings is 1. The van der Waals surface area contributed by atoms with Crippen molar-refractivity contribution in [3.8, 4) is 0 Å². The number of amides is 2. The largest absolute Gasteiger partial charge is 0.272 e. The zero-order valence-corrected chi connectivity index (χ0v) is 15.8. The monoisotopic (exact) mass is 395 g/mol. The van der Waals surface area contributed by atoms with Crippen LogP contribution in [0, 0.1) is 5.82 Å². The van der Waals surface area contributed by atoms with E-state index in [1.54, 1.807) is 24.3 Å². The first-order valence-electron chi connectivity index (χ1n) is 8.98. The second-order valence-electron chi connectivity index (χ2n) is 6.61. The summed E-state index contributed by atoms with van der Waals surface area (Å²) < 4.78 is 13.6. The molecule has 1 aromatic heterocycles. The van der Waals surface area contributed by atoms with Gasteiger partial charge in [-0.1, -0.05) is 30.3 Å². The standard InChI is InChI=1S/C21H18FN3O2S/c22-16-6-2-4-8-19(16)28-12-20(26)24-25-21(27)15-11-18(13-9-10-13)23-17-7-3-1-5-14(15)17/h1-8,11,13H,9-10,12H2,(H,24,26)(H,25,27). The molecule has 142 valence electrons. The first-order chi connectivity index (χ1) is 13.6. The molecule has 4 rings (SSSR count). The Balaban J connectivity index is 1.42. The van der Waals surface area contributed by atoms with Gasteiger partial charge in [-0.15, -0.1) is 11.8 Å². The Labute approximate surface area is 165 Å². The highest BCUT2D eigenvalue weighted by Gasteiger charge is 2.27. The molecule has 3 aromatic rings. The van der Waals surface area contributed by atoms with Crippen LogP contribution in [-0.2, 0) is 4.79 Å². The van der Waals surface area contributed by atoms with Crippen LogP contribution in [0.4, 0.5) is 4.39 Å². The van der Waals surface area contributed by atoms with E-state index in [9.17, 15) is 14.0 Å². The molecule has 1 aliphatic carbocycles. The summed E-state index contributed by atoms with van der Waals surface area (Å²) in [6.07, 6.45) is 2.16. The Morgan fingerprint density at radius 2 is 1.82 bits per heavy atom. The van der Waals surface area contributed by atoms with Gasteiger partial charge < -0.3 is 0 Å². The molecular weight excluding hydrogens is 377 g/mol. The molecule has 0 unspecified atom stereocenters. The number of nitrogens with zero attached hydrogens (tertiary/aromatic N) is 1. The lowest BCUT2D eigenvalue weighted by atomic mass is 10.1. The van der Waals surface area contributed by atoms with E-state index in [1.807, 2.05) is 24.3 Å². The number of hydrazine groups is 1. The molecule has 7 heteroatoms. The van der Waals surface area contributed by atoms with Crippen molar-refractivity contribution in [1.82, 2.24) is 15.8 Å². The van der Waals surface area contributed by atoms with Crippen LogP contribution in [0.25, 0.3) is 10.9 Å². The molecular formula is C21H18FN3O2S. The van der Waals surface area contributed by atoms with Crippen LogP contribution in [-0.4, -0.2) is 22.6 Å². The van der Waals surface area contributed by atoms with Gasteiger partial charge in [-0.3, -0.25) is 25.4 Å². The van der Waals surface area contributed by atoms with Crippen LogP contribution in [0.5, 0.6) is 0 Å². The summed E-state index contributed by atoms with van der Waals surface area (Å²) in [5.74, 6) is -0.790. The number of benzene rings is 2. The molecule has 2 amide bonds. The molecule has 0 aliphatic heterocycles. The number of carbonyl (C=O) groups excluding carboxylic acids is 2. The van der Waals surface area contributed by atoms with Gasteiger partial charge in [0.25, 0.3) is 5.91 Å². The molecule has 1 fully saturated rings. The molecule has 0 atom stereocenters. The van der Waals surface area contributed by atoms with Gasteiger partial charge >= 0.3 is 0 Å². The predicted molar refractivity (Wildman–Crippen MR) is 106 cm³/mol. The summed E-state index contributed by atoms with van der Waals surface area (Å²) in [5.41, 5.74) is 7.00. The molecule has 2 aromatic carbocycles. The molecule has 1 heterocycles. The predicted octanol–water partition coefficient (Wildman–Crippen LogP) is 3.80. The van der Waals surface area contributed by atoms with Gasteiger partial charge in [0.05, 0.1) is 16.8 Å². The lowest BCUT2D eigenvalue weighted by molar-refractivity contribution is -0.119. The maximum atomic E-state index is 13.6. The number of hydrogen-bond donors (Lipinski definition) is 2. The minimum atomic E-state index is -0.414. The number of thioether (sulfide) groups is 1. The van der Waals surface area contributed by atoms with Crippen molar-refractivity contribution >= 4 is 34.5 Å². The molecule has 5 nitrogen and oxygen atoms in total. The van der Waals surface area contributed by atoms with E-state index in [0.29, 0.717) is 16.4 Å². The third-order valence-corrected chi connectivity index (χ3v) is 5.54. The Morgan fingerprint density at radius 1 is 1.07 bits per heavy atom. The zero-order valence-electron chi connectivity index (χ0n) is 14.9. The number of aromatic nitrogens is 1.